The maximum absolute atomic E-state index is 12.2. The maximum atomic E-state index is 12.2. The number of amides is 1. The van der Waals surface area contributed by atoms with E-state index in [4.69, 9.17) is 4.74 Å². The van der Waals surface area contributed by atoms with Crippen LogP contribution in [-0.4, -0.2) is 30.6 Å². The molecule has 3 nitrogen and oxygen atoms in total. The monoisotopic (exact) mass is 235 g/mol. The Bertz CT molecular complexity index is 370. The minimum atomic E-state index is 0.114. The van der Waals surface area contributed by atoms with Crippen molar-refractivity contribution in [1.82, 2.24) is 4.90 Å². The molecule has 2 atom stereocenters. The largest absolute Gasteiger partial charge is 0.377 e. The van der Waals surface area contributed by atoms with E-state index in [-0.39, 0.29) is 17.9 Å². The van der Waals surface area contributed by atoms with Crippen molar-refractivity contribution >= 4 is 5.91 Å². The number of nitrogens with zero attached hydrogens (tertiary/aromatic N) is 1. The summed E-state index contributed by atoms with van der Waals surface area (Å²) in [6, 6.07) is 0. The Morgan fingerprint density at radius 2 is 2.29 bits per heavy atom. The van der Waals surface area contributed by atoms with Crippen molar-refractivity contribution in [2.75, 3.05) is 13.7 Å². The fourth-order valence-corrected chi connectivity index (χ4v) is 2.62. The Morgan fingerprint density at radius 1 is 1.53 bits per heavy atom. The third-order valence-corrected chi connectivity index (χ3v) is 3.70. The molecule has 0 N–H and O–H groups in total. The van der Waals surface area contributed by atoms with Crippen molar-refractivity contribution in [1.29, 1.82) is 0 Å². The van der Waals surface area contributed by atoms with E-state index in [1.54, 1.807) is 7.11 Å². The Morgan fingerprint density at radius 3 is 2.88 bits per heavy atom. The highest BCUT2D eigenvalue weighted by atomic mass is 16.5. The van der Waals surface area contributed by atoms with Crippen LogP contribution in [-0.2, 0) is 9.53 Å². The summed E-state index contributed by atoms with van der Waals surface area (Å²) >= 11 is 0. The van der Waals surface area contributed by atoms with Gasteiger partial charge in [0.15, 0.2) is 0 Å². The van der Waals surface area contributed by atoms with Gasteiger partial charge < -0.3 is 9.64 Å². The molecule has 2 aliphatic rings. The Hall–Kier alpha value is -1.09. The first kappa shape index (κ1) is 12.4. The molecule has 1 aliphatic heterocycles. The summed E-state index contributed by atoms with van der Waals surface area (Å²) in [6.07, 6.45) is 7.16. The number of rotatable bonds is 3. The van der Waals surface area contributed by atoms with Crippen molar-refractivity contribution in [2.45, 2.75) is 39.2 Å². The summed E-state index contributed by atoms with van der Waals surface area (Å²) in [6.45, 7) is 5.03. The van der Waals surface area contributed by atoms with E-state index in [2.05, 4.69) is 26.0 Å². The second-order valence-electron chi connectivity index (χ2n) is 4.94. The normalized spacial score (nSPS) is 29.4. The van der Waals surface area contributed by atoms with Crippen molar-refractivity contribution in [3.05, 3.63) is 23.4 Å². The van der Waals surface area contributed by atoms with Crippen LogP contribution in [0.25, 0.3) is 0 Å². The standard InChI is InChI=1S/C14H21NO2/c1-4-11-5-6-15(14(11)16)12-7-10(2)8-13(9-12)17-3/h7,9,11,13H,4-6,8H2,1-3H3. The van der Waals surface area contributed by atoms with Crippen LogP contribution in [0.2, 0.25) is 0 Å². The van der Waals surface area contributed by atoms with Crippen LogP contribution in [0, 0.1) is 5.92 Å². The molecule has 0 saturated carbocycles. The average Bonchev–Trinajstić information content (AvgIpc) is 2.69. The van der Waals surface area contributed by atoms with E-state index >= 15 is 0 Å². The predicted molar refractivity (Wildman–Crippen MR) is 67.4 cm³/mol. The van der Waals surface area contributed by atoms with Crippen molar-refractivity contribution in [2.24, 2.45) is 5.92 Å². The van der Waals surface area contributed by atoms with E-state index in [0.717, 1.165) is 31.5 Å². The first-order valence-electron chi connectivity index (χ1n) is 6.38. The van der Waals surface area contributed by atoms with Crippen molar-refractivity contribution < 1.29 is 9.53 Å². The fraction of sp³-hybridized carbons (Fsp3) is 0.643. The molecule has 2 unspecified atom stereocenters. The Kier molecular flexibility index (Phi) is 3.67. The van der Waals surface area contributed by atoms with Gasteiger partial charge in [-0.1, -0.05) is 12.5 Å². The van der Waals surface area contributed by atoms with Crippen molar-refractivity contribution in [3.63, 3.8) is 0 Å². The zero-order valence-corrected chi connectivity index (χ0v) is 10.9. The summed E-state index contributed by atoms with van der Waals surface area (Å²) in [5.74, 6) is 0.493. The van der Waals surface area contributed by atoms with Crippen LogP contribution < -0.4 is 0 Å². The molecule has 1 saturated heterocycles. The fourth-order valence-electron chi connectivity index (χ4n) is 2.62. The molecule has 17 heavy (non-hydrogen) atoms. The average molecular weight is 235 g/mol. The van der Waals surface area contributed by atoms with Gasteiger partial charge in [0.05, 0.1) is 6.10 Å². The number of hydrogen-bond acceptors (Lipinski definition) is 2. The lowest BCUT2D eigenvalue weighted by atomic mass is 10.0. The van der Waals surface area contributed by atoms with Gasteiger partial charge in [-0.25, -0.2) is 0 Å². The number of carbonyl (C=O) groups is 1. The second-order valence-corrected chi connectivity index (χ2v) is 4.94. The third-order valence-electron chi connectivity index (χ3n) is 3.70. The Labute approximate surface area is 103 Å². The molecular formula is C14H21NO2. The first-order chi connectivity index (χ1) is 8.15. The first-order valence-corrected chi connectivity index (χ1v) is 6.38. The number of likely N-dealkylation sites (tertiary alicyclic amines) is 1. The smallest absolute Gasteiger partial charge is 0.230 e. The van der Waals surface area contributed by atoms with Gasteiger partial charge in [-0.3, -0.25) is 4.79 Å². The molecule has 94 valence electrons. The molecule has 0 aromatic carbocycles. The van der Waals surface area contributed by atoms with Gasteiger partial charge >= 0.3 is 0 Å². The molecule has 0 bridgehead atoms. The molecule has 0 aromatic heterocycles. The summed E-state index contributed by atoms with van der Waals surface area (Å²) < 4.78 is 5.38. The molecule has 1 aliphatic carbocycles. The highest BCUT2D eigenvalue weighted by molar-refractivity contribution is 5.83. The van der Waals surface area contributed by atoms with Crippen LogP contribution in [0.5, 0.6) is 0 Å². The van der Waals surface area contributed by atoms with Crippen LogP contribution in [0.1, 0.15) is 33.1 Å². The zero-order valence-electron chi connectivity index (χ0n) is 10.9. The number of allylic oxidation sites excluding steroid dienone is 1. The molecule has 1 amide bonds. The lowest BCUT2D eigenvalue weighted by molar-refractivity contribution is -0.129. The minimum Gasteiger partial charge on any atom is -0.377 e. The summed E-state index contributed by atoms with van der Waals surface area (Å²) in [7, 11) is 1.72. The van der Waals surface area contributed by atoms with Crippen LogP contribution in [0.15, 0.2) is 23.4 Å². The molecular weight excluding hydrogens is 214 g/mol. The van der Waals surface area contributed by atoms with Gasteiger partial charge in [0.25, 0.3) is 0 Å². The topological polar surface area (TPSA) is 29.5 Å². The molecule has 0 radical (unpaired) electrons. The van der Waals surface area contributed by atoms with Gasteiger partial charge in [-0.15, -0.1) is 0 Å². The van der Waals surface area contributed by atoms with Gasteiger partial charge in [0.2, 0.25) is 5.91 Å². The van der Waals surface area contributed by atoms with Gasteiger partial charge in [-0.05, 0) is 38.3 Å². The molecule has 0 spiro atoms. The quantitative estimate of drug-likeness (QED) is 0.752. The lowest BCUT2D eigenvalue weighted by Gasteiger charge is -2.25. The van der Waals surface area contributed by atoms with Gasteiger partial charge in [-0.2, -0.15) is 0 Å². The van der Waals surface area contributed by atoms with E-state index in [1.165, 1.54) is 5.57 Å². The molecule has 1 fully saturated rings. The third kappa shape index (κ3) is 2.44. The number of carbonyl (C=O) groups excluding carboxylic acids is 1. The highest BCUT2D eigenvalue weighted by Gasteiger charge is 2.32. The molecule has 1 heterocycles. The number of hydrogen-bond donors (Lipinski definition) is 0. The summed E-state index contributed by atoms with van der Waals surface area (Å²) in [5, 5.41) is 0. The van der Waals surface area contributed by atoms with Gasteiger partial charge in [0, 0.05) is 25.3 Å². The van der Waals surface area contributed by atoms with Crippen molar-refractivity contribution in [3.8, 4) is 0 Å². The van der Waals surface area contributed by atoms with Gasteiger partial charge in [0.1, 0.15) is 0 Å². The molecule has 3 heteroatoms. The SMILES string of the molecule is CCC1CCN(C2=CC(OC)CC(C)=C2)C1=O. The van der Waals surface area contributed by atoms with Crippen LogP contribution in [0.3, 0.4) is 0 Å². The number of methoxy groups -OCH3 is 1. The molecule has 0 aromatic rings. The number of ether oxygens (including phenoxy) is 1. The van der Waals surface area contributed by atoms with Crippen LogP contribution in [0.4, 0.5) is 0 Å². The lowest BCUT2D eigenvalue weighted by Crippen LogP contribution is -2.28. The second kappa shape index (κ2) is 5.05. The summed E-state index contributed by atoms with van der Waals surface area (Å²) in [5.41, 5.74) is 2.31. The minimum absolute atomic E-state index is 0.114. The summed E-state index contributed by atoms with van der Waals surface area (Å²) in [4.78, 5) is 14.1. The van der Waals surface area contributed by atoms with E-state index in [9.17, 15) is 4.79 Å². The Balaban J connectivity index is 2.17. The molecule has 2 rings (SSSR count). The van der Waals surface area contributed by atoms with E-state index in [1.807, 2.05) is 4.90 Å². The predicted octanol–water partition coefficient (Wildman–Crippen LogP) is 2.49. The van der Waals surface area contributed by atoms with Crippen LogP contribution >= 0.6 is 0 Å². The highest BCUT2D eigenvalue weighted by Crippen LogP contribution is 2.29. The maximum Gasteiger partial charge on any atom is 0.230 e. The zero-order chi connectivity index (χ0) is 12.4. The van der Waals surface area contributed by atoms with E-state index in [0.29, 0.717) is 0 Å². The van der Waals surface area contributed by atoms with E-state index < -0.39 is 0 Å².